The summed E-state index contributed by atoms with van der Waals surface area (Å²) in [4.78, 5) is 4.39. The molecule has 0 saturated heterocycles. The van der Waals surface area contributed by atoms with E-state index in [1.807, 2.05) is 22.1 Å². The Kier molecular flexibility index (Phi) is 3.92. The number of aromatic nitrogens is 2. The van der Waals surface area contributed by atoms with Gasteiger partial charge in [-0.2, -0.15) is 0 Å². The molecular formula is C11H15IN2. The molecule has 0 aliphatic heterocycles. The summed E-state index contributed by atoms with van der Waals surface area (Å²) >= 11 is 2.23. The highest BCUT2D eigenvalue weighted by molar-refractivity contribution is 14.1. The lowest BCUT2D eigenvalue weighted by molar-refractivity contribution is 0.851. The lowest BCUT2D eigenvalue weighted by Gasteiger charge is -2.03. The third-order valence-electron chi connectivity index (χ3n) is 2.15. The van der Waals surface area contributed by atoms with Crippen LogP contribution in [0.25, 0.3) is 11.6 Å². The number of rotatable bonds is 2. The zero-order chi connectivity index (χ0) is 10.7. The van der Waals surface area contributed by atoms with Crippen molar-refractivity contribution in [2.24, 2.45) is 5.92 Å². The SMILES string of the molecule is C=C/C(=c1/ncn(I)/c1=C/C)C(C)C. The molecule has 0 saturated carbocycles. The molecule has 0 unspecified atom stereocenters. The molecule has 14 heavy (non-hydrogen) atoms. The van der Waals surface area contributed by atoms with Crippen LogP contribution in [-0.2, 0) is 0 Å². The monoisotopic (exact) mass is 302 g/mol. The molecule has 0 atom stereocenters. The standard InChI is InChI=1S/C11H15IN2/c1-5-9(8(3)4)11-10(6-2)14(12)7-13-11/h5-8H,1H2,2-4H3/b10-6+,11-9-. The maximum Gasteiger partial charge on any atom is 0.105 e. The van der Waals surface area contributed by atoms with Gasteiger partial charge in [0, 0.05) is 0 Å². The van der Waals surface area contributed by atoms with Crippen LogP contribution in [0, 0.1) is 5.92 Å². The zero-order valence-electron chi connectivity index (χ0n) is 8.79. The van der Waals surface area contributed by atoms with Crippen molar-refractivity contribution in [1.82, 2.24) is 7.76 Å². The number of nitrogens with zero attached hydrogens (tertiary/aromatic N) is 2. The van der Waals surface area contributed by atoms with Crippen molar-refractivity contribution in [2.45, 2.75) is 20.8 Å². The molecule has 0 bridgehead atoms. The maximum absolute atomic E-state index is 4.39. The molecule has 1 aromatic rings. The molecular weight excluding hydrogens is 287 g/mol. The van der Waals surface area contributed by atoms with Gasteiger partial charge in [-0.05, 0) is 18.4 Å². The highest BCUT2D eigenvalue weighted by Gasteiger charge is 2.03. The average molecular weight is 302 g/mol. The summed E-state index contributed by atoms with van der Waals surface area (Å²) in [6.45, 7) is 10.2. The first kappa shape index (κ1) is 11.5. The molecule has 0 aliphatic carbocycles. The van der Waals surface area contributed by atoms with E-state index in [2.05, 4.69) is 54.4 Å². The fraction of sp³-hybridized carbons (Fsp3) is 0.364. The first-order valence-electron chi connectivity index (χ1n) is 4.64. The summed E-state index contributed by atoms with van der Waals surface area (Å²) < 4.78 is 2.00. The Hall–Kier alpha value is -0.580. The van der Waals surface area contributed by atoms with Crippen LogP contribution in [-0.4, -0.2) is 7.76 Å². The number of hydrogen-bond acceptors (Lipinski definition) is 1. The Bertz CT molecular complexity index is 440. The van der Waals surface area contributed by atoms with Gasteiger partial charge in [-0.15, -0.1) is 0 Å². The van der Waals surface area contributed by atoms with Crippen molar-refractivity contribution >= 4 is 34.5 Å². The van der Waals surface area contributed by atoms with E-state index in [9.17, 15) is 0 Å². The summed E-state index contributed by atoms with van der Waals surface area (Å²) in [5, 5.41) is 2.20. The quantitative estimate of drug-likeness (QED) is 0.763. The van der Waals surface area contributed by atoms with Crippen molar-refractivity contribution < 1.29 is 0 Å². The Morgan fingerprint density at radius 1 is 1.64 bits per heavy atom. The van der Waals surface area contributed by atoms with Gasteiger partial charge in [0.1, 0.15) is 6.33 Å². The molecule has 0 aromatic carbocycles. The van der Waals surface area contributed by atoms with E-state index < -0.39 is 0 Å². The molecule has 0 spiro atoms. The van der Waals surface area contributed by atoms with E-state index >= 15 is 0 Å². The topological polar surface area (TPSA) is 17.8 Å². The number of hydrogen-bond donors (Lipinski definition) is 0. The minimum atomic E-state index is 0.456. The molecule has 1 heterocycles. The molecule has 0 radical (unpaired) electrons. The Morgan fingerprint density at radius 2 is 2.29 bits per heavy atom. The van der Waals surface area contributed by atoms with Crippen LogP contribution in [0.1, 0.15) is 20.8 Å². The van der Waals surface area contributed by atoms with Crippen LogP contribution >= 0.6 is 22.9 Å². The van der Waals surface area contributed by atoms with Crippen LogP contribution in [0.3, 0.4) is 0 Å². The third kappa shape index (κ3) is 2.08. The Balaban J connectivity index is 3.66. The van der Waals surface area contributed by atoms with E-state index in [-0.39, 0.29) is 0 Å². The van der Waals surface area contributed by atoms with Crippen LogP contribution in [0.4, 0.5) is 0 Å². The summed E-state index contributed by atoms with van der Waals surface area (Å²) in [7, 11) is 0. The lowest BCUT2D eigenvalue weighted by atomic mass is 10.0. The second-order valence-corrected chi connectivity index (χ2v) is 4.43. The fourth-order valence-corrected chi connectivity index (χ4v) is 2.06. The number of halogens is 1. The summed E-state index contributed by atoms with van der Waals surface area (Å²) in [5.41, 5.74) is 1.20. The van der Waals surface area contributed by atoms with Gasteiger partial charge < -0.3 is 0 Å². The van der Waals surface area contributed by atoms with Crippen molar-refractivity contribution in [2.75, 3.05) is 0 Å². The lowest BCUT2D eigenvalue weighted by Crippen LogP contribution is -2.30. The van der Waals surface area contributed by atoms with E-state index in [1.165, 1.54) is 5.57 Å². The summed E-state index contributed by atoms with van der Waals surface area (Å²) in [6.07, 6.45) is 5.80. The van der Waals surface area contributed by atoms with Gasteiger partial charge in [0.25, 0.3) is 0 Å². The minimum Gasteiger partial charge on any atom is -0.271 e. The summed E-state index contributed by atoms with van der Waals surface area (Å²) in [5.74, 6) is 0.456. The number of allylic oxidation sites excluding steroid dienone is 1. The maximum atomic E-state index is 4.39. The van der Waals surface area contributed by atoms with E-state index in [1.54, 1.807) is 0 Å². The molecule has 3 heteroatoms. The van der Waals surface area contributed by atoms with Crippen molar-refractivity contribution in [3.8, 4) is 0 Å². The average Bonchev–Trinajstić information content (AvgIpc) is 2.48. The molecule has 0 fully saturated rings. The summed E-state index contributed by atoms with van der Waals surface area (Å²) in [6, 6.07) is 0. The van der Waals surface area contributed by atoms with Crippen molar-refractivity contribution in [1.29, 1.82) is 0 Å². The normalized spacial score (nSPS) is 14.8. The molecule has 2 nitrogen and oxygen atoms in total. The minimum absolute atomic E-state index is 0.456. The highest BCUT2D eigenvalue weighted by atomic mass is 127. The van der Waals surface area contributed by atoms with Gasteiger partial charge >= 0.3 is 0 Å². The third-order valence-corrected chi connectivity index (χ3v) is 2.92. The van der Waals surface area contributed by atoms with Crippen LogP contribution in [0.2, 0.25) is 0 Å². The molecule has 0 amide bonds. The first-order valence-corrected chi connectivity index (χ1v) is 5.60. The number of imidazole rings is 1. The van der Waals surface area contributed by atoms with Crippen LogP contribution in [0.15, 0.2) is 19.0 Å². The zero-order valence-corrected chi connectivity index (χ0v) is 10.9. The predicted molar refractivity (Wildman–Crippen MR) is 69.5 cm³/mol. The van der Waals surface area contributed by atoms with Crippen molar-refractivity contribution in [3.05, 3.63) is 29.7 Å². The first-order chi connectivity index (χ1) is 6.61. The largest absolute Gasteiger partial charge is 0.271 e. The van der Waals surface area contributed by atoms with E-state index in [0.717, 1.165) is 10.7 Å². The van der Waals surface area contributed by atoms with Gasteiger partial charge in [-0.25, -0.2) is 4.98 Å². The van der Waals surface area contributed by atoms with E-state index in [0.29, 0.717) is 5.92 Å². The predicted octanol–water partition coefficient (Wildman–Crippen LogP) is 1.87. The van der Waals surface area contributed by atoms with E-state index in [4.69, 9.17) is 0 Å². The van der Waals surface area contributed by atoms with Crippen molar-refractivity contribution in [3.63, 3.8) is 0 Å². The molecule has 0 aliphatic rings. The smallest absolute Gasteiger partial charge is 0.105 e. The second kappa shape index (κ2) is 4.77. The fourth-order valence-electron chi connectivity index (χ4n) is 1.43. The van der Waals surface area contributed by atoms with Crippen LogP contribution in [0.5, 0.6) is 0 Å². The highest BCUT2D eigenvalue weighted by Crippen LogP contribution is 2.08. The Labute approximate surface area is 98.5 Å². The Morgan fingerprint density at radius 3 is 2.71 bits per heavy atom. The van der Waals surface area contributed by atoms with Gasteiger partial charge in [0.05, 0.1) is 33.6 Å². The molecule has 0 N–H and O–H groups in total. The van der Waals surface area contributed by atoms with Gasteiger partial charge in [-0.1, -0.05) is 32.6 Å². The van der Waals surface area contributed by atoms with Gasteiger partial charge in [-0.3, -0.25) is 2.78 Å². The van der Waals surface area contributed by atoms with Gasteiger partial charge in [0.2, 0.25) is 0 Å². The molecule has 76 valence electrons. The second-order valence-electron chi connectivity index (χ2n) is 3.39. The van der Waals surface area contributed by atoms with Crippen LogP contribution < -0.4 is 10.7 Å². The molecule has 1 rings (SSSR count). The molecule has 1 aromatic heterocycles. The van der Waals surface area contributed by atoms with Gasteiger partial charge in [0.15, 0.2) is 0 Å².